The molecule has 0 fully saturated rings. The molecule has 6 nitrogen and oxygen atoms in total. The highest BCUT2D eigenvalue weighted by Gasteiger charge is 2.33. The number of anilines is 1. The number of nitrogens with one attached hydrogen (secondary N) is 1. The topological polar surface area (TPSA) is 60.0 Å². The summed E-state index contributed by atoms with van der Waals surface area (Å²) in [5, 5.41) is 3.04. The Kier molecular flexibility index (Phi) is 6.50. The van der Waals surface area contributed by atoms with Crippen LogP contribution in [0, 0.1) is 0 Å². The third-order valence-corrected chi connectivity index (χ3v) is 5.67. The van der Waals surface area contributed by atoms with Gasteiger partial charge in [0.15, 0.2) is 11.5 Å². The van der Waals surface area contributed by atoms with Crippen molar-refractivity contribution in [3.8, 4) is 17.2 Å². The van der Waals surface area contributed by atoms with Crippen molar-refractivity contribution in [2.24, 2.45) is 0 Å². The summed E-state index contributed by atoms with van der Waals surface area (Å²) in [6.07, 6.45) is 0.732. The number of fused-ring (bicyclic) bond motifs is 1. The summed E-state index contributed by atoms with van der Waals surface area (Å²) in [7, 11) is 3.26. The predicted octanol–water partition coefficient (Wildman–Crippen LogP) is 5.28. The number of hydrogen-bond acceptors (Lipinski definition) is 4. The van der Waals surface area contributed by atoms with Crippen LogP contribution in [0.3, 0.4) is 0 Å². The molecular weight excluding hydrogens is 404 g/mol. The first-order valence-corrected chi connectivity index (χ1v) is 10.7. The zero-order chi connectivity index (χ0) is 22.5. The van der Waals surface area contributed by atoms with Crippen molar-refractivity contribution in [1.29, 1.82) is 0 Å². The van der Waals surface area contributed by atoms with Crippen molar-refractivity contribution in [2.45, 2.75) is 19.4 Å². The lowest BCUT2D eigenvalue weighted by atomic mass is 9.88. The van der Waals surface area contributed by atoms with Crippen LogP contribution in [-0.4, -0.2) is 38.3 Å². The molecule has 1 N–H and O–H groups in total. The van der Waals surface area contributed by atoms with Crippen LogP contribution in [0.5, 0.6) is 17.2 Å². The first kappa shape index (κ1) is 21.6. The van der Waals surface area contributed by atoms with Gasteiger partial charge in [0.05, 0.1) is 26.9 Å². The molecule has 166 valence electrons. The molecule has 0 saturated carbocycles. The standard InChI is InChI=1S/C26H28N2O4/c1-4-32-21-12-10-20(11-13-21)27-26(29)28-15-14-19-16-23(30-2)24(31-3)17-22(19)25(28)18-8-6-5-7-9-18/h5-13,16-17,25H,4,14-15H2,1-3H3,(H,27,29). The summed E-state index contributed by atoms with van der Waals surface area (Å²) in [6.45, 7) is 3.13. The van der Waals surface area contributed by atoms with Crippen LogP contribution >= 0.6 is 0 Å². The zero-order valence-corrected chi connectivity index (χ0v) is 18.6. The number of methoxy groups -OCH3 is 2. The molecule has 6 heteroatoms. The number of carbonyl (C=O) groups is 1. The van der Waals surface area contributed by atoms with Crippen molar-refractivity contribution >= 4 is 11.7 Å². The second-order valence-corrected chi connectivity index (χ2v) is 7.55. The molecule has 0 radical (unpaired) electrons. The largest absolute Gasteiger partial charge is 0.494 e. The van der Waals surface area contributed by atoms with E-state index in [1.807, 2.05) is 78.6 Å². The first-order valence-electron chi connectivity index (χ1n) is 10.7. The van der Waals surface area contributed by atoms with Gasteiger partial charge in [-0.3, -0.25) is 0 Å². The van der Waals surface area contributed by atoms with E-state index in [9.17, 15) is 4.79 Å². The third-order valence-electron chi connectivity index (χ3n) is 5.67. The van der Waals surface area contributed by atoms with Gasteiger partial charge in [-0.05, 0) is 66.4 Å². The van der Waals surface area contributed by atoms with Crippen LogP contribution in [-0.2, 0) is 6.42 Å². The quantitative estimate of drug-likeness (QED) is 0.576. The lowest BCUT2D eigenvalue weighted by Gasteiger charge is -2.38. The smallest absolute Gasteiger partial charge is 0.322 e. The average Bonchev–Trinajstić information content (AvgIpc) is 2.84. The lowest BCUT2D eigenvalue weighted by Crippen LogP contribution is -2.43. The van der Waals surface area contributed by atoms with Gasteiger partial charge in [0.1, 0.15) is 5.75 Å². The van der Waals surface area contributed by atoms with Crippen LogP contribution in [0.1, 0.15) is 29.7 Å². The van der Waals surface area contributed by atoms with Gasteiger partial charge in [-0.1, -0.05) is 30.3 Å². The van der Waals surface area contributed by atoms with Crippen molar-refractivity contribution in [2.75, 3.05) is 32.7 Å². The fourth-order valence-corrected chi connectivity index (χ4v) is 4.16. The number of ether oxygens (including phenoxy) is 3. The van der Waals surface area contributed by atoms with E-state index in [1.165, 1.54) is 0 Å². The molecule has 1 atom stereocenters. The molecule has 32 heavy (non-hydrogen) atoms. The number of rotatable bonds is 6. The minimum atomic E-state index is -0.234. The number of amides is 2. The molecule has 0 spiro atoms. The van der Waals surface area contributed by atoms with Crippen LogP contribution in [0.25, 0.3) is 0 Å². The minimum absolute atomic E-state index is 0.150. The van der Waals surface area contributed by atoms with Gasteiger partial charge in [0, 0.05) is 12.2 Å². The maximum Gasteiger partial charge on any atom is 0.322 e. The normalized spacial score (nSPS) is 15.0. The van der Waals surface area contributed by atoms with Crippen molar-refractivity contribution in [3.63, 3.8) is 0 Å². The molecule has 1 unspecified atom stereocenters. The van der Waals surface area contributed by atoms with Gasteiger partial charge in [0.25, 0.3) is 0 Å². The van der Waals surface area contributed by atoms with Crippen LogP contribution in [0.4, 0.5) is 10.5 Å². The van der Waals surface area contributed by atoms with E-state index < -0.39 is 0 Å². The number of nitrogens with zero attached hydrogens (tertiary/aromatic N) is 1. The second kappa shape index (κ2) is 9.64. The van der Waals surface area contributed by atoms with E-state index in [0.29, 0.717) is 24.7 Å². The van der Waals surface area contributed by atoms with Gasteiger partial charge in [0.2, 0.25) is 0 Å². The Labute approximate surface area is 188 Å². The molecule has 2 amide bonds. The summed E-state index contributed by atoms with van der Waals surface area (Å²) >= 11 is 0. The fraction of sp³-hybridized carbons (Fsp3) is 0.269. The van der Waals surface area contributed by atoms with Crippen molar-refractivity contribution in [3.05, 3.63) is 83.4 Å². The van der Waals surface area contributed by atoms with E-state index in [0.717, 1.165) is 34.5 Å². The molecular formula is C26H28N2O4. The van der Waals surface area contributed by atoms with Gasteiger partial charge in [-0.25, -0.2) is 4.79 Å². The summed E-state index contributed by atoms with van der Waals surface area (Å²) < 4.78 is 16.5. The Balaban J connectivity index is 1.68. The molecule has 0 bridgehead atoms. The maximum atomic E-state index is 13.4. The molecule has 0 aliphatic carbocycles. The lowest BCUT2D eigenvalue weighted by molar-refractivity contribution is 0.193. The Morgan fingerprint density at radius 1 is 1.00 bits per heavy atom. The molecule has 3 aromatic carbocycles. The van der Waals surface area contributed by atoms with Crippen molar-refractivity contribution in [1.82, 2.24) is 4.90 Å². The minimum Gasteiger partial charge on any atom is -0.494 e. The first-order chi connectivity index (χ1) is 15.6. The number of urea groups is 1. The highest BCUT2D eigenvalue weighted by molar-refractivity contribution is 5.90. The van der Waals surface area contributed by atoms with Gasteiger partial charge < -0.3 is 24.4 Å². The Bertz CT molecular complexity index is 1070. The molecule has 1 aliphatic heterocycles. The van der Waals surface area contributed by atoms with E-state index in [1.54, 1.807) is 14.2 Å². The van der Waals surface area contributed by atoms with E-state index in [2.05, 4.69) is 5.32 Å². The van der Waals surface area contributed by atoms with E-state index >= 15 is 0 Å². The van der Waals surface area contributed by atoms with Crippen molar-refractivity contribution < 1.29 is 19.0 Å². The fourth-order valence-electron chi connectivity index (χ4n) is 4.16. The SMILES string of the molecule is CCOc1ccc(NC(=O)N2CCc3cc(OC)c(OC)cc3C2c2ccccc2)cc1. The highest BCUT2D eigenvalue weighted by atomic mass is 16.5. The Morgan fingerprint density at radius 2 is 1.69 bits per heavy atom. The van der Waals surface area contributed by atoms with Gasteiger partial charge in [-0.2, -0.15) is 0 Å². The highest BCUT2D eigenvalue weighted by Crippen LogP contribution is 2.41. The van der Waals surface area contributed by atoms with E-state index in [4.69, 9.17) is 14.2 Å². The second-order valence-electron chi connectivity index (χ2n) is 7.55. The van der Waals surface area contributed by atoms with Gasteiger partial charge in [-0.15, -0.1) is 0 Å². The molecule has 0 aromatic heterocycles. The molecule has 4 rings (SSSR count). The number of carbonyl (C=O) groups excluding carboxylic acids is 1. The van der Waals surface area contributed by atoms with Gasteiger partial charge >= 0.3 is 6.03 Å². The summed E-state index contributed by atoms with van der Waals surface area (Å²) in [6, 6.07) is 21.1. The maximum absolute atomic E-state index is 13.4. The third kappa shape index (κ3) is 4.35. The zero-order valence-electron chi connectivity index (χ0n) is 18.6. The number of hydrogen-bond donors (Lipinski definition) is 1. The molecule has 3 aromatic rings. The van der Waals surface area contributed by atoms with Crippen LogP contribution in [0.15, 0.2) is 66.7 Å². The van der Waals surface area contributed by atoms with Crippen LogP contribution < -0.4 is 19.5 Å². The summed E-state index contributed by atoms with van der Waals surface area (Å²) in [4.78, 5) is 15.3. The Morgan fingerprint density at radius 3 is 2.34 bits per heavy atom. The average molecular weight is 433 g/mol. The molecule has 1 aliphatic rings. The summed E-state index contributed by atoms with van der Waals surface area (Å²) in [5.74, 6) is 2.13. The van der Waals surface area contributed by atoms with E-state index in [-0.39, 0.29) is 12.1 Å². The molecule has 1 heterocycles. The predicted molar refractivity (Wildman–Crippen MR) is 125 cm³/mol. The Hall–Kier alpha value is -3.67. The monoisotopic (exact) mass is 432 g/mol. The number of benzene rings is 3. The molecule has 0 saturated heterocycles. The van der Waals surface area contributed by atoms with Crippen LogP contribution in [0.2, 0.25) is 0 Å². The summed E-state index contributed by atoms with van der Waals surface area (Å²) in [5.41, 5.74) is 3.97.